The molecule has 1 heterocycles. The number of hydrogen-bond acceptors (Lipinski definition) is 9. The minimum Gasteiger partial charge on any atom is -0.460 e. The van der Waals surface area contributed by atoms with Crippen LogP contribution in [0.2, 0.25) is 0 Å². The molecule has 10 nitrogen and oxygen atoms in total. The fourth-order valence-electron chi connectivity index (χ4n) is 4.85. The van der Waals surface area contributed by atoms with Crippen LogP contribution in [-0.4, -0.2) is 36.3 Å². The van der Waals surface area contributed by atoms with Crippen molar-refractivity contribution in [3.05, 3.63) is 22.8 Å². The molecule has 0 aromatic carbocycles. The lowest BCUT2D eigenvalue weighted by atomic mass is 9.84. The van der Waals surface area contributed by atoms with Gasteiger partial charge in [0.1, 0.15) is 10.5 Å². The van der Waals surface area contributed by atoms with Crippen LogP contribution >= 0.6 is 0 Å². The van der Waals surface area contributed by atoms with Crippen molar-refractivity contribution >= 4 is 22.2 Å². The standard InChI is InChI=1S/C23H37N5O5S/c1-22(2,3)32-20(29)12-23(11-17(23)10-9-16-7-5-4-6-8-16)21-27-19(28-33-21)15-26-34(30,31)18(13-24)14-25/h13-14,16-17,24,26H,4-12,15,25H2,1-3H3. The van der Waals surface area contributed by atoms with Gasteiger partial charge in [-0.25, -0.2) is 13.1 Å². The highest BCUT2D eigenvalue weighted by Gasteiger charge is 2.60. The maximum atomic E-state index is 12.7. The van der Waals surface area contributed by atoms with Gasteiger partial charge in [0.25, 0.3) is 0 Å². The molecule has 0 bridgehead atoms. The zero-order valence-electron chi connectivity index (χ0n) is 20.3. The lowest BCUT2D eigenvalue weighted by molar-refractivity contribution is -0.155. The van der Waals surface area contributed by atoms with E-state index in [1.54, 1.807) is 0 Å². The molecule has 3 rings (SSSR count). The van der Waals surface area contributed by atoms with Crippen LogP contribution in [0.1, 0.15) is 90.3 Å². The van der Waals surface area contributed by atoms with Crippen LogP contribution in [0.25, 0.3) is 0 Å². The van der Waals surface area contributed by atoms with Gasteiger partial charge in [0.05, 0.1) is 18.4 Å². The van der Waals surface area contributed by atoms with Crippen LogP contribution < -0.4 is 10.5 Å². The number of sulfonamides is 1. The van der Waals surface area contributed by atoms with Gasteiger partial charge in [0.2, 0.25) is 15.9 Å². The molecule has 0 amide bonds. The average molecular weight is 496 g/mol. The maximum absolute atomic E-state index is 12.7. The molecule has 4 N–H and O–H groups in total. The number of hydrogen-bond donors (Lipinski definition) is 3. The average Bonchev–Trinajstić information content (AvgIpc) is 3.23. The molecular formula is C23H37N5O5S. The number of ether oxygens (including phenoxy) is 1. The summed E-state index contributed by atoms with van der Waals surface area (Å²) in [4.78, 5) is 16.8. The van der Waals surface area contributed by atoms with Gasteiger partial charge in [-0.2, -0.15) is 4.98 Å². The summed E-state index contributed by atoms with van der Waals surface area (Å²) in [7, 11) is -3.96. The number of nitrogens with two attached hydrogens (primary N) is 1. The van der Waals surface area contributed by atoms with E-state index in [4.69, 9.17) is 20.4 Å². The summed E-state index contributed by atoms with van der Waals surface area (Å²) in [6.45, 7) is 5.28. The van der Waals surface area contributed by atoms with Gasteiger partial charge < -0.3 is 20.4 Å². The molecule has 190 valence electrons. The second kappa shape index (κ2) is 10.6. The highest BCUT2D eigenvalue weighted by atomic mass is 32.2. The molecular weight excluding hydrogens is 458 g/mol. The second-order valence-electron chi connectivity index (χ2n) is 10.5. The van der Waals surface area contributed by atoms with Crippen molar-refractivity contribution in [3.63, 3.8) is 0 Å². The monoisotopic (exact) mass is 495 g/mol. The van der Waals surface area contributed by atoms with E-state index < -0.39 is 21.0 Å². The molecule has 2 atom stereocenters. The highest BCUT2D eigenvalue weighted by molar-refractivity contribution is 7.94. The van der Waals surface area contributed by atoms with Crippen molar-refractivity contribution < 1.29 is 22.5 Å². The molecule has 0 spiro atoms. The molecule has 0 aliphatic heterocycles. The zero-order valence-corrected chi connectivity index (χ0v) is 21.1. The number of esters is 1. The Labute approximate surface area is 201 Å². The van der Waals surface area contributed by atoms with Crippen molar-refractivity contribution in [2.24, 2.45) is 17.6 Å². The number of nitrogens with zero attached hydrogens (tertiary/aromatic N) is 2. The Kier molecular flexibility index (Phi) is 8.18. The molecule has 1 aromatic rings. The first kappa shape index (κ1) is 26.3. The Morgan fingerprint density at radius 2 is 2.00 bits per heavy atom. The van der Waals surface area contributed by atoms with E-state index in [2.05, 4.69) is 14.9 Å². The van der Waals surface area contributed by atoms with E-state index in [0.29, 0.717) is 12.1 Å². The van der Waals surface area contributed by atoms with Gasteiger partial charge in [-0.15, -0.1) is 0 Å². The highest BCUT2D eigenvalue weighted by Crippen LogP contribution is 2.59. The van der Waals surface area contributed by atoms with E-state index in [1.165, 1.54) is 32.1 Å². The fraction of sp³-hybridized carbons (Fsp3) is 0.739. The van der Waals surface area contributed by atoms with Gasteiger partial charge in [0.15, 0.2) is 5.82 Å². The van der Waals surface area contributed by atoms with Crippen LogP contribution in [0.3, 0.4) is 0 Å². The van der Waals surface area contributed by atoms with Crippen molar-refractivity contribution in [1.82, 2.24) is 14.9 Å². The number of rotatable bonds is 11. The van der Waals surface area contributed by atoms with Crippen molar-refractivity contribution in [2.45, 2.75) is 96.1 Å². The normalized spacial score (nSPS) is 24.1. The quantitative estimate of drug-likeness (QED) is 0.311. The molecule has 0 radical (unpaired) electrons. The molecule has 11 heteroatoms. The molecule has 2 saturated carbocycles. The minimum absolute atomic E-state index is 0.154. The summed E-state index contributed by atoms with van der Waals surface area (Å²) in [6.07, 6.45) is 11.0. The Morgan fingerprint density at radius 1 is 1.29 bits per heavy atom. The first-order valence-electron chi connectivity index (χ1n) is 12.0. The number of allylic oxidation sites excluding steroid dienone is 1. The van der Waals surface area contributed by atoms with Crippen molar-refractivity contribution in [3.8, 4) is 0 Å². The maximum Gasteiger partial charge on any atom is 0.307 e. The van der Waals surface area contributed by atoms with E-state index in [9.17, 15) is 13.2 Å². The first-order valence-corrected chi connectivity index (χ1v) is 13.4. The largest absolute Gasteiger partial charge is 0.460 e. The third-order valence-corrected chi connectivity index (χ3v) is 8.09. The van der Waals surface area contributed by atoms with E-state index in [0.717, 1.165) is 31.4 Å². The fourth-order valence-corrected chi connectivity index (χ4v) is 5.67. The summed E-state index contributed by atoms with van der Waals surface area (Å²) < 4.78 is 37.8. The van der Waals surface area contributed by atoms with E-state index in [-0.39, 0.29) is 35.6 Å². The number of aromatic nitrogens is 2. The summed E-state index contributed by atoms with van der Waals surface area (Å²) in [5.41, 5.74) is 4.11. The van der Waals surface area contributed by atoms with Crippen LogP contribution in [0, 0.1) is 17.2 Å². The number of nitrogens with one attached hydrogen (secondary N) is 2. The predicted octanol–water partition coefficient (Wildman–Crippen LogP) is 3.29. The molecule has 2 fully saturated rings. The summed E-state index contributed by atoms with van der Waals surface area (Å²) >= 11 is 0. The molecule has 1 aromatic heterocycles. The van der Waals surface area contributed by atoms with Crippen molar-refractivity contribution in [2.75, 3.05) is 0 Å². The van der Waals surface area contributed by atoms with Crippen LogP contribution in [0.15, 0.2) is 15.6 Å². The Balaban J connectivity index is 1.70. The number of carbonyl (C=O) groups excluding carboxylic acids is 1. The van der Waals surface area contributed by atoms with Crippen LogP contribution in [0.5, 0.6) is 0 Å². The third-order valence-electron chi connectivity index (χ3n) is 6.69. The number of carbonyl (C=O) groups is 1. The SMILES string of the molecule is CC(C)(C)OC(=O)CC1(c2nc(CNS(=O)(=O)C(C=N)=CN)no2)CC1CCC1CCCCC1. The van der Waals surface area contributed by atoms with Gasteiger partial charge in [0, 0.05) is 12.4 Å². The molecule has 0 saturated heterocycles. The second-order valence-corrected chi connectivity index (χ2v) is 12.2. The minimum atomic E-state index is -3.96. The third kappa shape index (κ3) is 6.65. The van der Waals surface area contributed by atoms with Gasteiger partial charge in [-0.05, 0) is 45.4 Å². The summed E-state index contributed by atoms with van der Waals surface area (Å²) in [6, 6.07) is 0. The van der Waals surface area contributed by atoms with E-state index in [1.807, 2.05) is 20.8 Å². The molecule has 2 aliphatic rings. The Morgan fingerprint density at radius 3 is 2.62 bits per heavy atom. The van der Waals surface area contributed by atoms with Gasteiger partial charge in [-0.3, -0.25) is 4.79 Å². The van der Waals surface area contributed by atoms with Crippen molar-refractivity contribution in [1.29, 1.82) is 5.41 Å². The summed E-state index contributed by atoms with van der Waals surface area (Å²) in [5.74, 6) is 1.18. The Hall–Kier alpha value is -2.27. The zero-order chi connectivity index (χ0) is 25.0. The van der Waals surface area contributed by atoms with Crippen LogP contribution in [0.4, 0.5) is 0 Å². The van der Waals surface area contributed by atoms with E-state index >= 15 is 0 Å². The topological polar surface area (TPSA) is 161 Å². The Bertz CT molecular complexity index is 1010. The smallest absolute Gasteiger partial charge is 0.307 e. The van der Waals surface area contributed by atoms with Crippen LogP contribution in [-0.2, 0) is 31.5 Å². The molecule has 2 unspecified atom stereocenters. The predicted molar refractivity (Wildman–Crippen MR) is 127 cm³/mol. The summed E-state index contributed by atoms with van der Waals surface area (Å²) in [5, 5.41) is 11.1. The lowest BCUT2D eigenvalue weighted by Gasteiger charge is -2.23. The molecule has 2 aliphatic carbocycles. The first-order chi connectivity index (χ1) is 16.0. The molecule has 34 heavy (non-hydrogen) atoms. The van der Waals surface area contributed by atoms with Gasteiger partial charge in [-0.1, -0.05) is 43.7 Å². The lowest BCUT2D eigenvalue weighted by Crippen LogP contribution is -2.28. The van der Waals surface area contributed by atoms with Gasteiger partial charge >= 0.3 is 5.97 Å².